The van der Waals surface area contributed by atoms with Gasteiger partial charge < -0.3 is 0 Å². The molecule has 2 aliphatic rings. The summed E-state index contributed by atoms with van der Waals surface area (Å²) in [6.45, 7) is 2.37. The van der Waals surface area contributed by atoms with Crippen LogP contribution in [0.3, 0.4) is 0 Å². The normalized spacial score (nSPS) is 28.2. The standard InChI is InChI=1S/C26H35FSi/c1-2-17-28-18-15-25(16-19-28)23-9-7-21(8-10-23)20-3-5-22(6-4-20)24-11-13-26(27)14-12-24/h3-6,11-14,21,23,25,28H,2,7-10,15-19H2,1H3/t21-,23-,25?,28?. The Morgan fingerprint density at radius 3 is 1.86 bits per heavy atom. The van der Waals surface area contributed by atoms with Gasteiger partial charge in [-0.2, -0.15) is 0 Å². The summed E-state index contributed by atoms with van der Waals surface area (Å²) in [5.74, 6) is 2.62. The van der Waals surface area contributed by atoms with Crippen LogP contribution in [0.2, 0.25) is 18.1 Å². The van der Waals surface area contributed by atoms with Crippen molar-refractivity contribution in [3.8, 4) is 11.1 Å². The average Bonchev–Trinajstić information content (AvgIpc) is 2.75. The zero-order valence-corrected chi connectivity index (χ0v) is 18.5. The second-order valence-corrected chi connectivity index (χ2v) is 12.8. The molecular weight excluding hydrogens is 359 g/mol. The Bertz CT molecular complexity index is 720. The molecule has 1 heterocycles. The summed E-state index contributed by atoms with van der Waals surface area (Å²) in [4.78, 5) is 0. The smallest absolute Gasteiger partial charge is 0.123 e. The first-order chi connectivity index (χ1) is 13.7. The van der Waals surface area contributed by atoms with Gasteiger partial charge in [-0.25, -0.2) is 4.39 Å². The van der Waals surface area contributed by atoms with E-state index in [1.165, 1.54) is 43.2 Å². The van der Waals surface area contributed by atoms with Crippen LogP contribution in [0.4, 0.5) is 4.39 Å². The van der Waals surface area contributed by atoms with Crippen LogP contribution in [0.5, 0.6) is 0 Å². The fraction of sp³-hybridized carbons (Fsp3) is 0.538. The van der Waals surface area contributed by atoms with E-state index in [9.17, 15) is 4.39 Å². The lowest BCUT2D eigenvalue weighted by Crippen LogP contribution is -2.28. The van der Waals surface area contributed by atoms with Crippen molar-refractivity contribution in [3.05, 3.63) is 59.9 Å². The van der Waals surface area contributed by atoms with E-state index >= 15 is 0 Å². The molecule has 28 heavy (non-hydrogen) atoms. The van der Waals surface area contributed by atoms with Gasteiger partial charge in [0.1, 0.15) is 5.82 Å². The molecule has 1 saturated carbocycles. The summed E-state index contributed by atoms with van der Waals surface area (Å²) >= 11 is 0. The number of hydrogen-bond acceptors (Lipinski definition) is 0. The fourth-order valence-electron chi connectivity index (χ4n) is 5.87. The zero-order chi connectivity index (χ0) is 19.3. The third kappa shape index (κ3) is 4.76. The Balaban J connectivity index is 1.30. The maximum absolute atomic E-state index is 13.1. The highest BCUT2D eigenvalue weighted by Gasteiger charge is 2.31. The van der Waals surface area contributed by atoms with Crippen LogP contribution < -0.4 is 0 Å². The van der Waals surface area contributed by atoms with E-state index < -0.39 is 0 Å². The second kappa shape index (κ2) is 9.39. The third-order valence-corrected chi connectivity index (χ3v) is 11.3. The molecule has 0 radical (unpaired) electrons. The Hall–Kier alpha value is -1.41. The van der Waals surface area contributed by atoms with Crippen LogP contribution in [0.15, 0.2) is 48.5 Å². The first kappa shape index (κ1) is 19.9. The fourth-order valence-corrected chi connectivity index (χ4v) is 9.35. The average molecular weight is 395 g/mol. The van der Waals surface area contributed by atoms with Gasteiger partial charge in [0.15, 0.2) is 0 Å². The van der Waals surface area contributed by atoms with Crippen LogP contribution in [-0.2, 0) is 0 Å². The molecule has 0 amide bonds. The minimum Gasteiger partial charge on any atom is -0.207 e. The van der Waals surface area contributed by atoms with Gasteiger partial charge in [-0.1, -0.05) is 80.7 Å². The molecule has 1 aliphatic carbocycles. The number of rotatable bonds is 5. The summed E-state index contributed by atoms with van der Waals surface area (Å²) in [6.07, 6.45) is 10.1. The molecule has 0 bridgehead atoms. The van der Waals surface area contributed by atoms with E-state index in [-0.39, 0.29) is 14.6 Å². The number of hydrogen-bond donors (Lipinski definition) is 0. The van der Waals surface area contributed by atoms with Gasteiger partial charge in [0.25, 0.3) is 0 Å². The number of benzene rings is 2. The van der Waals surface area contributed by atoms with Gasteiger partial charge in [0.2, 0.25) is 0 Å². The predicted octanol–water partition coefficient (Wildman–Crippen LogP) is 7.81. The molecule has 2 aromatic carbocycles. The van der Waals surface area contributed by atoms with Crippen molar-refractivity contribution in [3.63, 3.8) is 0 Å². The summed E-state index contributed by atoms with van der Waals surface area (Å²) < 4.78 is 13.1. The van der Waals surface area contributed by atoms with Crippen LogP contribution in [0.1, 0.15) is 63.4 Å². The van der Waals surface area contributed by atoms with Crippen LogP contribution in [-0.4, -0.2) is 8.80 Å². The highest BCUT2D eigenvalue weighted by molar-refractivity contribution is 6.58. The first-order valence-electron chi connectivity index (χ1n) is 11.6. The predicted molar refractivity (Wildman–Crippen MR) is 121 cm³/mol. The van der Waals surface area contributed by atoms with Gasteiger partial charge in [0, 0.05) is 8.80 Å². The molecule has 0 atom stereocenters. The van der Waals surface area contributed by atoms with Crippen molar-refractivity contribution in [1.82, 2.24) is 0 Å². The largest absolute Gasteiger partial charge is 0.207 e. The van der Waals surface area contributed by atoms with Crippen LogP contribution in [0, 0.1) is 17.7 Å². The van der Waals surface area contributed by atoms with Gasteiger partial charge >= 0.3 is 0 Å². The van der Waals surface area contributed by atoms with Gasteiger partial charge in [-0.15, -0.1) is 0 Å². The summed E-state index contributed by atoms with van der Waals surface area (Å²) in [6, 6.07) is 20.7. The second-order valence-electron chi connectivity index (χ2n) is 9.31. The molecule has 4 rings (SSSR count). The quantitative estimate of drug-likeness (QED) is 0.454. The minimum absolute atomic E-state index is 0.168. The Morgan fingerprint density at radius 1 is 0.750 bits per heavy atom. The van der Waals surface area contributed by atoms with Crippen molar-refractivity contribution in [2.24, 2.45) is 11.8 Å². The highest BCUT2D eigenvalue weighted by atomic mass is 28.3. The molecule has 2 aromatic rings. The van der Waals surface area contributed by atoms with Crippen LogP contribution >= 0.6 is 0 Å². The van der Waals surface area contributed by atoms with Crippen molar-refractivity contribution < 1.29 is 4.39 Å². The lowest BCUT2D eigenvalue weighted by atomic mass is 9.72. The SMILES string of the molecule is CCC[SiH]1CCC([C@H]2CC[C@H](c3ccc(-c4ccc(F)cc4)cc3)CC2)CC1. The van der Waals surface area contributed by atoms with Crippen molar-refractivity contribution in [2.45, 2.75) is 75.9 Å². The lowest BCUT2D eigenvalue weighted by Gasteiger charge is -2.37. The molecule has 0 nitrogen and oxygen atoms in total. The summed E-state index contributed by atoms with van der Waals surface area (Å²) in [7, 11) is -0.335. The van der Waals surface area contributed by atoms with Gasteiger partial charge in [-0.05, 0) is 72.3 Å². The topological polar surface area (TPSA) is 0 Å². The molecular formula is C26H35FSi. The zero-order valence-electron chi connectivity index (χ0n) is 17.4. The van der Waals surface area contributed by atoms with Crippen molar-refractivity contribution in [2.75, 3.05) is 0 Å². The molecule has 2 heteroatoms. The molecule has 150 valence electrons. The minimum atomic E-state index is -0.335. The molecule has 2 fully saturated rings. The summed E-state index contributed by atoms with van der Waals surface area (Å²) in [5, 5.41) is 0. The summed E-state index contributed by atoms with van der Waals surface area (Å²) in [5.41, 5.74) is 3.78. The monoisotopic (exact) mass is 394 g/mol. The molecule has 0 spiro atoms. The molecule has 1 saturated heterocycles. The van der Waals surface area contributed by atoms with E-state index in [4.69, 9.17) is 0 Å². The molecule has 0 N–H and O–H groups in total. The van der Waals surface area contributed by atoms with Gasteiger partial charge in [-0.3, -0.25) is 0 Å². The Labute approximate surface area is 172 Å². The molecule has 0 unspecified atom stereocenters. The van der Waals surface area contributed by atoms with Crippen LogP contribution in [0.25, 0.3) is 11.1 Å². The van der Waals surface area contributed by atoms with Gasteiger partial charge in [0.05, 0.1) is 0 Å². The van der Waals surface area contributed by atoms with E-state index in [1.54, 1.807) is 43.1 Å². The Kier molecular flexibility index (Phi) is 6.67. The molecule has 0 aromatic heterocycles. The van der Waals surface area contributed by atoms with E-state index in [0.29, 0.717) is 0 Å². The maximum atomic E-state index is 13.1. The van der Waals surface area contributed by atoms with E-state index in [2.05, 4.69) is 31.2 Å². The maximum Gasteiger partial charge on any atom is 0.123 e. The first-order valence-corrected chi connectivity index (χ1v) is 14.0. The lowest BCUT2D eigenvalue weighted by molar-refractivity contribution is 0.216. The molecule has 1 aliphatic heterocycles. The highest BCUT2D eigenvalue weighted by Crippen LogP contribution is 2.43. The van der Waals surface area contributed by atoms with Crippen molar-refractivity contribution in [1.29, 1.82) is 0 Å². The Morgan fingerprint density at radius 2 is 1.29 bits per heavy atom. The van der Waals surface area contributed by atoms with E-state index in [1.807, 2.05) is 12.1 Å². The third-order valence-electron chi connectivity index (χ3n) is 7.59. The van der Waals surface area contributed by atoms with Crippen molar-refractivity contribution >= 4 is 8.80 Å². The number of halogens is 1. The van der Waals surface area contributed by atoms with E-state index in [0.717, 1.165) is 23.3 Å².